The molecule has 0 amide bonds. The first-order chi connectivity index (χ1) is 10.1. The maximum atomic E-state index is 11.5. The van der Waals surface area contributed by atoms with Crippen LogP contribution in [-0.2, 0) is 11.3 Å². The molecule has 2 rings (SSSR count). The molecule has 0 bridgehead atoms. The Morgan fingerprint density at radius 2 is 2.10 bits per heavy atom. The van der Waals surface area contributed by atoms with E-state index in [1.807, 2.05) is 0 Å². The number of esters is 1. The van der Waals surface area contributed by atoms with Gasteiger partial charge in [0.15, 0.2) is 5.69 Å². The largest absolute Gasteiger partial charge is 0.497 e. The third-order valence-electron chi connectivity index (χ3n) is 2.88. The highest BCUT2D eigenvalue weighted by molar-refractivity contribution is 5.86. The Morgan fingerprint density at radius 3 is 2.71 bits per heavy atom. The molecule has 7 heteroatoms. The number of methoxy groups -OCH3 is 1. The number of hydrogen-bond acceptors (Lipinski definition) is 6. The molecule has 21 heavy (non-hydrogen) atoms. The SMILES string of the molecule is CCOC(=O)c1cn(C[C@@H](O)c2ccc(OC)cc2)nn1. The number of ether oxygens (including phenoxy) is 2. The lowest BCUT2D eigenvalue weighted by Gasteiger charge is -2.11. The van der Waals surface area contributed by atoms with Crippen molar-refractivity contribution in [2.24, 2.45) is 0 Å². The van der Waals surface area contributed by atoms with E-state index >= 15 is 0 Å². The number of hydrogen-bond donors (Lipinski definition) is 1. The second-order valence-electron chi connectivity index (χ2n) is 4.34. The minimum Gasteiger partial charge on any atom is -0.497 e. The third-order valence-corrected chi connectivity index (χ3v) is 2.88. The zero-order valence-corrected chi connectivity index (χ0v) is 11.9. The minimum absolute atomic E-state index is 0.124. The molecule has 0 spiro atoms. The van der Waals surface area contributed by atoms with E-state index in [9.17, 15) is 9.90 Å². The molecule has 0 aliphatic rings. The molecule has 1 atom stereocenters. The Morgan fingerprint density at radius 1 is 1.38 bits per heavy atom. The van der Waals surface area contributed by atoms with Crippen LogP contribution < -0.4 is 4.74 Å². The van der Waals surface area contributed by atoms with Gasteiger partial charge in [-0.05, 0) is 24.6 Å². The van der Waals surface area contributed by atoms with Crippen LogP contribution in [0.25, 0.3) is 0 Å². The van der Waals surface area contributed by atoms with Crippen LogP contribution in [0, 0.1) is 0 Å². The molecule has 0 aliphatic heterocycles. The topological polar surface area (TPSA) is 86.5 Å². The van der Waals surface area contributed by atoms with Gasteiger partial charge in [-0.1, -0.05) is 17.3 Å². The second kappa shape index (κ2) is 6.85. The summed E-state index contributed by atoms with van der Waals surface area (Å²) in [5.74, 6) is 0.194. The van der Waals surface area contributed by atoms with Gasteiger partial charge in [0.1, 0.15) is 5.75 Å². The Labute approximate surface area is 122 Å². The van der Waals surface area contributed by atoms with Crippen molar-refractivity contribution >= 4 is 5.97 Å². The van der Waals surface area contributed by atoms with Crippen LogP contribution >= 0.6 is 0 Å². The van der Waals surface area contributed by atoms with E-state index in [1.165, 1.54) is 10.9 Å². The summed E-state index contributed by atoms with van der Waals surface area (Å²) in [6.07, 6.45) is 0.692. The quantitative estimate of drug-likeness (QED) is 0.805. The molecule has 7 nitrogen and oxygen atoms in total. The lowest BCUT2D eigenvalue weighted by Crippen LogP contribution is -2.09. The Balaban J connectivity index is 2.01. The average molecular weight is 291 g/mol. The highest BCUT2D eigenvalue weighted by atomic mass is 16.5. The molecule has 0 aliphatic carbocycles. The van der Waals surface area contributed by atoms with Crippen molar-refractivity contribution in [1.29, 1.82) is 0 Å². The molecule has 2 aromatic rings. The molecule has 0 saturated carbocycles. The van der Waals surface area contributed by atoms with Crippen molar-refractivity contribution in [3.63, 3.8) is 0 Å². The van der Waals surface area contributed by atoms with Crippen LogP contribution in [0.4, 0.5) is 0 Å². The minimum atomic E-state index is -0.757. The Kier molecular flexibility index (Phi) is 4.89. The number of aliphatic hydroxyl groups excluding tert-OH is 1. The summed E-state index contributed by atoms with van der Waals surface area (Å²) < 4.78 is 11.3. The predicted molar refractivity (Wildman–Crippen MR) is 73.9 cm³/mol. The molecule has 0 fully saturated rings. The number of aromatic nitrogens is 3. The van der Waals surface area contributed by atoms with E-state index in [0.29, 0.717) is 0 Å². The van der Waals surface area contributed by atoms with Gasteiger partial charge in [-0.15, -0.1) is 5.10 Å². The van der Waals surface area contributed by atoms with E-state index in [2.05, 4.69) is 10.3 Å². The summed E-state index contributed by atoms with van der Waals surface area (Å²) in [5, 5.41) is 17.7. The number of carbonyl (C=O) groups excluding carboxylic acids is 1. The summed E-state index contributed by atoms with van der Waals surface area (Å²) in [5.41, 5.74) is 0.850. The highest BCUT2D eigenvalue weighted by Crippen LogP contribution is 2.18. The van der Waals surface area contributed by atoms with E-state index in [4.69, 9.17) is 9.47 Å². The summed E-state index contributed by atoms with van der Waals surface area (Å²) in [6, 6.07) is 7.08. The van der Waals surface area contributed by atoms with Crippen LogP contribution in [0.15, 0.2) is 30.5 Å². The molecule has 0 radical (unpaired) electrons. The van der Waals surface area contributed by atoms with E-state index in [0.717, 1.165) is 11.3 Å². The highest BCUT2D eigenvalue weighted by Gasteiger charge is 2.14. The molecule has 1 N–H and O–H groups in total. The standard InChI is InChI=1S/C14H17N3O4/c1-3-21-14(19)12-8-17(16-15-12)9-13(18)10-4-6-11(20-2)7-5-10/h4-8,13,18H,3,9H2,1-2H3/t13-/m1/s1. The van der Waals surface area contributed by atoms with E-state index < -0.39 is 12.1 Å². The smallest absolute Gasteiger partial charge is 0.360 e. The molecule has 0 saturated heterocycles. The van der Waals surface area contributed by atoms with Crippen LogP contribution in [0.1, 0.15) is 29.1 Å². The molecule has 112 valence electrons. The number of benzene rings is 1. The van der Waals surface area contributed by atoms with Crippen molar-refractivity contribution in [2.75, 3.05) is 13.7 Å². The molecule has 1 aromatic heterocycles. The number of carbonyl (C=O) groups is 1. The number of nitrogens with zero attached hydrogens (tertiary/aromatic N) is 3. The van der Waals surface area contributed by atoms with Crippen molar-refractivity contribution in [1.82, 2.24) is 15.0 Å². The van der Waals surface area contributed by atoms with Crippen LogP contribution in [-0.4, -0.2) is 39.8 Å². The van der Waals surface area contributed by atoms with Crippen LogP contribution in [0.3, 0.4) is 0 Å². The first-order valence-corrected chi connectivity index (χ1v) is 6.53. The van der Waals surface area contributed by atoms with Gasteiger partial charge in [-0.25, -0.2) is 9.48 Å². The lowest BCUT2D eigenvalue weighted by atomic mass is 10.1. The normalized spacial score (nSPS) is 12.0. The van der Waals surface area contributed by atoms with Gasteiger partial charge in [0.2, 0.25) is 0 Å². The van der Waals surface area contributed by atoms with Crippen molar-refractivity contribution in [3.05, 3.63) is 41.7 Å². The van der Waals surface area contributed by atoms with Crippen molar-refractivity contribution in [2.45, 2.75) is 19.6 Å². The molecular weight excluding hydrogens is 274 g/mol. The zero-order chi connectivity index (χ0) is 15.2. The van der Waals surface area contributed by atoms with E-state index in [-0.39, 0.29) is 18.8 Å². The first-order valence-electron chi connectivity index (χ1n) is 6.53. The summed E-state index contributed by atoms with van der Waals surface area (Å²) in [7, 11) is 1.58. The van der Waals surface area contributed by atoms with Crippen molar-refractivity contribution in [3.8, 4) is 5.75 Å². The zero-order valence-electron chi connectivity index (χ0n) is 11.9. The fraction of sp³-hybridized carbons (Fsp3) is 0.357. The summed E-state index contributed by atoms with van der Waals surface area (Å²) in [6.45, 7) is 2.19. The van der Waals surface area contributed by atoms with Gasteiger partial charge >= 0.3 is 5.97 Å². The Bertz CT molecular complexity index is 595. The lowest BCUT2D eigenvalue weighted by molar-refractivity contribution is 0.0519. The molecule has 1 heterocycles. The number of aliphatic hydroxyl groups is 1. The molecular formula is C14H17N3O4. The van der Waals surface area contributed by atoms with Gasteiger partial charge in [0.25, 0.3) is 0 Å². The maximum Gasteiger partial charge on any atom is 0.360 e. The number of rotatable bonds is 6. The van der Waals surface area contributed by atoms with Gasteiger partial charge in [0.05, 0.1) is 32.6 Å². The third kappa shape index (κ3) is 3.79. The van der Waals surface area contributed by atoms with Crippen LogP contribution in [0.5, 0.6) is 5.75 Å². The van der Waals surface area contributed by atoms with Crippen LogP contribution in [0.2, 0.25) is 0 Å². The van der Waals surface area contributed by atoms with Gasteiger partial charge in [-0.3, -0.25) is 0 Å². The van der Waals surface area contributed by atoms with Gasteiger partial charge in [0, 0.05) is 0 Å². The summed E-state index contributed by atoms with van der Waals surface area (Å²) in [4.78, 5) is 11.5. The fourth-order valence-electron chi connectivity index (χ4n) is 1.79. The predicted octanol–water partition coefficient (Wildman–Crippen LogP) is 1.20. The average Bonchev–Trinajstić information content (AvgIpc) is 2.96. The van der Waals surface area contributed by atoms with Gasteiger partial charge in [-0.2, -0.15) is 0 Å². The van der Waals surface area contributed by atoms with Crippen molar-refractivity contribution < 1.29 is 19.4 Å². The maximum absolute atomic E-state index is 11.5. The van der Waals surface area contributed by atoms with Gasteiger partial charge < -0.3 is 14.6 Å². The fourth-order valence-corrected chi connectivity index (χ4v) is 1.79. The molecule has 0 unspecified atom stereocenters. The Hall–Kier alpha value is -2.41. The monoisotopic (exact) mass is 291 g/mol. The van der Waals surface area contributed by atoms with E-state index in [1.54, 1.807) is 38.3 Å². The second-order valence-corrected chi connectivity index (χ2v) is 4.34. The summed E-state index contributed by atoms with van der Waals surface area (Å²) >= 11 is 0. The molecule has 1 aromatic carbocycles. The first kappa shape index (κ1) is 15.0.